The summed E-state index contributed by atoms with van der Waals surface area (Å²) in [6, 6.07) is 1.87. The Labute approximate surface area is 101 Å². The van der Waals surface area contributed by atoms with Gasteiger partial charge in [-0.2, -0.15) is 0 Å². The van der Waals surface area contributed by atoms with Crippen molar-refractivity contribution in [3.05, 3.63) is 29.1 Å². The van der Waals surface area contributed by atoms with Crippen molar-refractivity contribution in [3.63, 3.8) is 0 Å². The fraction of sp³-hybridized carbons (Fsp3) is 0.222. The Hall–Kier alpha value is -1.34. The molecule has 0 spiro atoms. The van der Waals surface area contributed by atoms with Gasteiger partial charge >= 0.3 is 5.97 Å². The van der Waals surface area contributed by atoms with Crippen molar-refractivity contribution in [3.8, 4) is 5.75 Å². The quantitative estimate of drug-likeness (QED) is 0.849. The van der Waals surface area contributed by atoms with Crippen molar-refractivity contribution in [1.29, 1.82) is 0 Å². The summed E-state index contributed by atoms with van der Waals surface area (Å²) < 4.78 is 39.6. The molecule has 0 bridgehead atoms. The van der Waals surface area contributed by atoms with Crippen LogP contribution in [0.4, 0.5) is 4.39 Å². The molecule has 0 amide bonds. The standard InChI is InChI=1S/C9H8ClFO5S/c1-16-8-6(9(12)13)2-5(3-7(8)11)4-17(10,14)15/h2-3H,4H2,1H3,(H,12,13). The van der Waals surface area contributed by atoms with Gasteiger partial charge < -0.3 is 9.84 Å². The van der Waals surface area contributed by atoms with Gasteiger partial charge in [0.05, 0.1) is 12.9 Å². The molecule has 0 unspecified atom stereocenters. The van der Waals surface area contributed by atoms with Gasteiger partial charge in [0.25, 0.3) is 0 Å². The number of carboxylic acids is 1. The van der Waals surface area contributed by atoms with Crippen LogP contribution in [0.25, 0.3) is 0 Å². The molecule has 0 saturated carbocycles. The topological polar surface area (TPSA) is 80.7 Å². The lowest BCUT2D eigenvalue weighted by Gasteiger charge is -2.08. The van der Waals surface area contributed by atoms with Crippen molar-refractivity contribution in [1.82, 2.24) is 0 Å². The molecule has 0 aliphatic rings. The van der Waals surface area contributed by atoms with E-state index in [1.165, 1.54) is 0 Å². The first kappa shape index (κ1) is 13.7. The highest BCUT2D eigenvalue weighted by Crippen LogP contribution is 2.25. The normalized spacial score (nSPS) is 11.2. The van der Waals surface area contributed by atoms with Gasteiger partial charge in [0, 0.05) is 10.7 Å². The van der Waals surface area contributed by atoms with Gasteiger partial charge in [-0.15, -0.1) is 0 Å². The van der Waals surface area contributed by atoms with E-state index in [1.807, 2.05) is 0 Å². The van der Waals surface area contributed by atoms with Crippen LogP contribution in [0, 0.1) is 5.82 Å². The zero-order chi connectivity index (χ0) is 13.2. The summed E-state index contributed by atoms with van der Waals surface area (Å²) in [4.78, 5) is 10.8. The van der Waals surface area contributed by atoms with E-state index in [9.17, 15) is 17.6 Å². The molecular weight excluding hydrogens is 275 g/mol. The fourth-order valence-electron chi connectivity index (χ4n) is 1.30. The highest BCUT2D eigenvalue weighted by Gasteiger charge is 2.19. The Morgan fingerprint density at radius 3 is 2.53 bits per heavy atom. The van der Waals surface area contributed by atoms with Crippen molar-refractivity contribution in [2.75, 3.05) is 7.11 Å². The molecule has 1 aromatic rings. The van der Waals surface area contributed by atoms with Gasteiger partial charge in [0.15, 0.2) is 11.6 Å². The summed E-state index contributed by atoms with van der Waals surface area (Å²) >= 11 is 0. The maximum absolute atomic E-state index is 13.4. The van der Waals surface area contributed by atoms with E-state index >= 15 is 0 Å². The smallest absolute Gasteiger partial charge is 0.339 e. The molecule has 0 aliphatic carbocycles. The number of methoxy groups -OCH3 is 1. The first-order chi connectivity index (χ1) is 7.74. The number of hydrogen-bond donors (Lipinski definition) is 1. The molecule has 0 aromatic heterocycles. The predicted octanol–water partition coefficient (Wildman–Crippen LogP) is 1.60. The number of carboxylic acid groups (broad SMARTS) is 1. The monoisotopic (exact) mass is 282 g/mol. The highest BCUT2D eigenvalue weighted by atomic mass is 35.7. The van der Waals surface area contributed by atoms with Gasteiger partial charge in [-0.05, 0) is 17.7 Å². The van der Waals surface area contributed by atoms with Crippen LogP contribution >= 0.6 is 10.7 Å². The summed E-state index contributed by atoms with van der Waals surface area (Å²) in [6.45, 7) is 0. The lowest BCUT2D eigenvalue weighted by molar-refractivity contribution is 0.0692. The van der Waals surface area contributed by atoms with Gasteiger partial charge in [-0.3, -0.25) is 0 Å². The Kier molecular flexibility index (Phi) is 3.94. The highest BCUT2D eigenvalue weighted by molar-refractivity contribution is 8.13. The van der Waals surface area contributed by atoms with Crippen LogP contribution in [0.2, 0.25) is 0 Å². The number of ether oxygens (including phenoxy) is 1. The van der Waals surface area contributed by atoms with E-state index in [0.717, 1.165) is 19.2 Å². The lowest BCUT2D eigenvalue weighted by Crippen LogP contribution is -2.05. The molecular formula is C9H8ClFO5S. The zero-order valence-corrected chi connectivity index (χ0v) is 10.2. The second-order valence-electron chi connectivity index (χ2n) is 3.15. The number of benzene rings is 1. The molecule has 94 valence electrons. The molecule has 0 heterocycles. The van der Waals surface area contributed by atoms with E-state index in [0.29, 0.717) is 0 Å². The van der Waals surface area contributed by atoms with Crippen LogP contribution < -0.4 is 4.74 Å². The number of rotatable bonds is 4. The maximum Gasteiger partial charge on any atom is 0.339 e. The maximum atomic E-state index is 13.4. The molecule has 1 aromatic carbocycles. The Morgan fingerprint density at radius 1 is 1.53 bits per heavy atom. The van der Waals surface area contributed by atoms with Gasteiger partial charge in [-0.25, -0.2) is 17.6 Å². The number of carbonyl (C=O) groups is 1. The minimum Gasteiger partial charge on any atom is -0.493 e. The van der Waals surface area contributed by atoms with Crippen LogP contribution in [0.3, 0.4) is 0 Å². The molecule has 0 atom stereocenters. The number of aromatic carboxylic acids is 1. The first-order valence-corrected chi connectivity index (χ1v) is 6.74. The van der Waals surface area contributed by atoms with Gasteiger partial charge in [-0.1, -0.05) is 0 Å². The average Bonchev–Trinajstić information content (AvgIpc) is 2.13. The molecule has 1 N–H and O–H groups in total. The van der Waals surface area contributed by atoms with Crippen LogP contribution in [0.15, 0.2) is 12.1 Å². The summed E-state index contributed by atoms with van der Waals surface area (Å²) in [5.74, 6) is -3.49. The molecule has 0 radical (unpaired) electrons. The van der Waals surface area contributed by atoms with Gasteiger partial charge in [0.1, 0.15) is 5.56 Å². The summed E-state index contributed by atoms with van der Waals surface area (Å²) in [5, 5.41) is 8.81. The van der Waals surface area contributed by atoms with Crippen LogP contribution in [-0.2, 0) is 14.8 Å². The molecule has 8 heteroatoms. The largest absolute Gasteiger partial charge is 0.493 e. The third-order valence-electron chi connectivity index (χ3n) is 1.88. The van der Waals surface area contributed by atoms with Gasteiger partial charge in [0.2, 0.25) is 9.05 Å². The SMILES string of the molecule is COc1c(F)cc(CS(=O)(=O)Cl)cc1C(=O)O. The number of halogens is 2. The van der Waals surface area contributed by atoms with E-state index in [2.05, 4.69) is 4.74 Å². The Morgan fingerprint density at radius 2 is 2.12 bits per heavy atom. The molecule has 0 saturated heterocycles. The third kappa shape index (κ3) is 3.57. The van der Waals surface area contributed by atoms with Crippen molar-refractivity contribution >= 4 is 25.7 Å². The number of hydrogen-bond acceptors (Lipinski definition) is 4. The Bertz CT molecular complexity index is 555. The molecule has 0 aliphatic heterocycles. The van der Waals surface area contributed by atoms with Crippen molar-refractivity contribution < 1.29 is 27.4 Å². The van der Waals surface area contributed by atoms with Crippen molar-refractivity contribution in [2.24, 2.45) is 0 Å². The third-order valence-corrected chi connectivity index (χ3v) is 2.88. The summed E-state index contributed by atoms with van der Waals surface area (Å²) in [7, 11) is 2.23. The van der Waals surface area contributed by atoms with Crippen molar-refractivity contribution in [2.45, 2.75) is 5.75 Å². The van der Waals surface area contributed by atoms with E-state index in [-0.39, 0.29) is 5.56 Å². The minimum absolute atomic E-state index is 0.0595. The van der Waals surface area contributed by atoms with Crippen LogP contribution in [-0.4, -0.2) is 26.6 Å². The molecule has 17 heavy (non-hydrogen) atoms. The first-order valence-electron chi connectivity index (χ1n) is 4.26. The molecule has 0 fully saturated rings. The van der Waals surface area contributed by atoms with Crippen LogP contribution in [0.1, 0.15) is 15.9 Å². The van der Waals surface area contributed by atoms with E-state index in [1.54, 1.807) is 0 Å². The summed E-state index contributed by atoms with van der Waals surface area (Å²) in [6.07, 6.45) is 0. The summed E-state index contributed by atoms with van der Waals surface area (Å²) in [5.41, 5.74) is -0.515. The zero-order valence-electron chi connectivity index (χ0n) is 8.61. The van der Waals surface area contributed by atoms with E-state index < -0.39 is 37.9 Å². The van der Waals surface area contributed by atoms with Crippen LogP contribution in [0.5, 0.6) is 5.75 Å². The fourth-order valence-corrected chi connectivity index (χ4v) is 2.24. The second kappa shape index (κ2) is 4.89. The Balaban J connectivity index is 3.34. The molecule has 5 nitrogen and oxygen atoms in total. The second-order valence-corrected chi connectivity index (χ2v) is 5.92. The molecule has 1 rings (SSSR count). The predicted molar refractivity (Wildman–Crippen MR) is 58.4 cm³/mol. The average molecular weight is 283 g/mol. The van der Waals surface area contributed by atoms with E-state index in [4.69, 9.17) is 15.8 Å². The minimum atomic E-state index is -3.88. The lowest BCUT2D eigenvalue weighted by atomic mass is 10.1.